The van der Waals surface area contributed by atoms with Crippen LogP contribution in [0.3, 0.4) is 0 Å². The van der Waals surface area contributed by atoms with Gasteiger partial charge in [-0.15, -0.1) is 0 Å². The second-order valence-corrected chi connectivity index (χ2v) is 5.11. The average molecular weight is 293 g/mol. The van der Waals surface area contributed by atoms with E-state index in [0.717, 1.165) is 12.8 Å². The molecule has 0 saturated heterocycles. The van der Waals surface area contributed by atoms with Crippen LogP contribution in [-0.2, 0) is 4.74 Å². The van der Waals surface area contributed by atoms with Crippen LogP contribution < -0.4 is 11.1 Å². The summed E-state index contributed by atoms with van der Waals surface area (Å²) in [6.07, 6.45) is 1.98. The van der Waals surface area contributed by atoms with Crippen LogP contribution in [0.2, 0.25) is 5.02 Å². The van der Waals surface area contributed by atoms with Gasteiger partial charge in [0.15, 0.2) is 0 Å². The summed E-state index contributed by atoms with van der Waals surface area (Å²) < 4.78 is 5.18. The largest absolute Gasteiger partial charge is 0.381 e. The topological polar surface area (TPSA) is 64.3 Å². The zero-order valence-corrected chi connectivity index (χ0v) is 12.0. The van der Waals surface area contributed by atoms with Gasteiger partial charge in [0.05, 0.1) is 17.7 Å². The number of benzene rings is 1. The summed E-state index contributed by atoms with van der Waals surface area (Å²) in [5.41, 5.74) is 6.53. The van der Waals surface area contributed by atoms with Crippen molar-refractivity contribution in [3.63, 3.8) is 0 Å². The smallest absolute Gasteiger partial charge is 0.251 e. The first-order chi connectivity index (χ1) is 9.63. The van der Waals surface area contributed by atoms with Gasteiger partial charge in [-0.2, -0.15) is 0 Å². The molecular formula is C15H17ClN2O2. The van der Waals surface area contributed by atoms with Gasteiger partial charge in [-0.1, -0.05) is 23.4 Å². The molecule has 1 aromatic rings. The zero-order chi connectivity index (χ0) is 14.5. The SMILES string of the molecule is COC1CC(NC(=O)c2ccc(C#CCN)c(Cl)c2)C1. The van der Waals surface area contributed by atoms with Crippen LogP contribution in [0.1, 0.15) is 28.8 Å². The summed E-state index contributed by atoms with van der Waals surface area (Å²) in [6, 6.07) is 5.26. The summed E-state index contributed by atoms with van der Waals surface area (Å²) in [7, 11) is 1.68. The quantitative estimate of drug-likeness (QED) is 0.831. The third-order valence-corrected chi connectivity index (χ3v) is 3.63. The Bertz CT molecular complexity index is 557. The normalized spacial score (nSPS) is 20.6. The van der Waals surface area contributed by atoms with E-state index in [9.17, 15) is 4.79 Å². The molecule has 0 bridgehead atoms. The number of halogens is 1. The summed E-state index contributed by atoms with van der Waals surface area (Å²) in [4.78, 5) is 12.1. The van der Waals surface area contributed by atoms with E-state index in [-0.39, 0.29) is 24.6 Å². The monoisotopic (exact) mass is 292 g/mol. The standard InChI is InChI=1S/C15H17ClN2O2/c1-20-13-8-12(9-13)18-15(19)11-5-4-10(3-2-6-17)14(16)7-11/h4-5,7,12-13H,6,8-9,17H2,1H3,(H,18,19). The molecule has 0 unspecified atom stereocenters. The Balaban J connectivity index is 1.99. The molecule has 106 valence electrons. The molecule has 0 aromatic heterocycles. The summed E-state index contributed by atoms with van der Waals surface area (Å²) in [6.45, 7) is 0.279. The Morgan fingerprint density at radius 1 is 1.55 bits per heavy atom. The van der Waals surface area contributed by atoms with E-state index < -0.39 is 0 Å². The lowest BCUT2D eigenvalue weighted by molar-refractivity contribution is 0.0176. The molecule has 1 aliphatic carbocycles. The van der Waals surface area contributed by atoms with E-state index in [0.29, 0.717) is 16.1 Å². The van der Waals surface area contributed by atoms with Gasteiger partial charge < -0.3 is 15.8 Å². The Morgan fingerprint density at radius 2 is 2.30 bits per heavy atom. The van der Waals surface area contributed by atoms with Crippen LogP contribution in [0.5, 0.6) is 0 Å². The fraction of sp³-hybridized carbons (Fsp3) is 0.400. The van der Waals surface area contributed by atoms with Gasteiger partial charge in [-0.3, -0.25) is 4.79 Å². The molecule has 1 aliphatic rings. The van der Waals surface area contributed by atoms with E-state index in [1.54, 1.807) is 25.3 Å². The Labute approximate surface area is 123 Å². The first-order valence-electron chi connectivity index (χ1n) is 6.46. The molecule has 2 rings (SSSR count). The molecule has 3 N–H and O–H groups in total. The molecule has 1 fully saturated rings. The minimum Gasteiger partial charge on any atom is -0.381 e. The number of rotatable bonds is 3. The highest BCUT2D eigenvalue weighted by molar-refractivity contribution is 6.32. The number of carbonyl (C=O) groups is 1. The second-order valence-electron chi connectivity index (χ2n) is 4.70. The van der Waals surface area contributed by atoms with Crippen LogP contribution in [0, 0.1) is 11.8 Å². The number of methoxy groups -OCH3 is 1. The lowest BCUT2D eigenvalue weighted by Gasteiger charge is -2.34. The molecule has 0 radical (unpaired) electrons. The van der Waals surface area contributed by atoms with Gasteiger partial charge in [0.25, 0.3) is 5.91 Å². The minimum atomic E-state index is -0.121. The van der Waals surface area contributed by atoms with E-state index in [4.69, 9.17) is 22.1 Å². The van der Waals surface area contributed by atoms with Crippen molar-refractivity contribution in [3.05, 3.63) is 34.3 Å². The second kappa shape index (κ2) is 6.76. The number of hydrogen-bond donors (Lipinski definition) is 2. The van der Waals surface area contributed by atoms with Crippen LogP contribution >= 0.6 is 11.6 Å². The maximum Gasteiger partial charge on any atom is 0.251 e. The fourth-order valence-electron chi connectivity index (χ4n) is 2.05. The predicted molar refractivity (Wildman–Crippen MR) is 78.7 cm³/mol. The lowest BCUT2D eigenvalue weighted by Crippen LogP contribution is -2.47. The van der Waals surface area contributed by atoms with E-state index in [1.807, 2.05) is 0 Å². The molecule has 5 heteroatoms. The van der Waals surface area contributed by atoms with Crippen molar-refractivity contribution in [2.75, 3.05) is 13.7 Å². The third-order valence-electron chi connectivity index (χ3n) is 3.32. The molecule has 4 nitrogen and oxygen atoms in total. The number of hydrogen-bond acceptors (Lipinski definition) is 3. The third kappa shape index (κ3) is 3.51. The first kappa shape index (κ1) is 14.9. The van der Waals surface area contributed by atoms with Crippen molar-refractivity contribution in [2.24, 2.45) is 5.73 Å². The van der Waals surface area contributed by atoms with Gasteiger partial charge >= 0.3 is 0 Å². The van der Waals surface area contributed by atoms with Crippen LogP contribution in [-0.4, -0.2) is 31.7 Å². The molecule has 1 amide bonds. The van der Waals surface area contributed by atoms with Gasteiger partial charge in [0.1, 0.15) is 0 Å². The van der Waals surface area contributed by atoms with Crippen LogP contribution in [0.4, 0.5) is 0 Å². The van der Waals surface area contributed by atoms with Crippen molar-refractivity contribution in [3.8, 4) is 11.8 Å². The molecule has 0 atom stereocenters. The van der Waals surface area contributed by atoms with Crippen molar-refractivity contribution in [2.45, 2.75) is 25.0 Å². The summed E-state index contributed by atoms with van der Waals surface area (Å²) >= 11 is 6.10. The highest BCUT2D eigenvalue weighted by atomic mass is 35.5. The lowest BCUT2D eigenvalue weighted by atomic mass is 9.89. The molecule has 20 heavy (non-hydrogen) atoms. The van der Waals surface area contributed by atoms with Crippen molar-refractivity contribution in [1.82, 2.24) is 5.32 Å². The molecule has 0 heterocycles. The van der Waals surface area contributed by atoms with Gasteiger partial charge in [-0.25, -0.2) is 0 Å². The fourth-order valence-corrected chi connectivity index (χ4v) is 2.28. The molecule has 0 spiro atoms. The minimum absolute atomic E-state index is 0.121. The molecule has 1 saturated carbocycles. The molecule has 1 aromatic carbocycles. The average Bonchev–Trinajstić information content (AvgIpc) is 2.40. The number of amides is 1. The first-order valence-corrected chi connectivity index (χ1v) is 6.84. The Hall–Kier alpha value is -1.54. The highest BCUT2D eigenvalue weighted by Crippen LogP contribution is 2.23. The Kier molecular flexibility index (Phi) is 5.02. The van der Waals surface area contributed by atoms with Crippen molar-refractivity contribution >= 4 is 17.5 Å². The highest BCUT2D eigenvalue weighted by Gasteiger charge is 2.30. The molecule has 0 aliphatic heterocycles. The number of nitrogens with two attached hydrogens (primary N) is 1. The zero-order valence-electron chi connectivity index (χ0n) is 11.3. The molecular weight excluding hydrogens is 276 g/mol. The maximum absolute atomic E-state index is 12.1. The van der Waals surface area contributed by atoms with Gasteiger partial charge in [0, 0.05) is 24.3 Å². The maximum atomic E-state index is 12.1. The summed E-state index contributed by atoms with van der Waals surface area (Å²) in [5, 5.41) is 3.41. The van der Waals surface area contributed by atoms with Crippen molar-refractivity contribution < 1.29 is 9.53 Å². The van der Waals surface area contributed by atoms with Gasteiger partial charge in [0.2, 0.25) is 0 Å². The van der Waals surface area contributed by atoms with E-state index in [2.05, 4.69) is 17.2 Å². The summed E-state index contributed by atoms with van der Waals surface area (Å²) in [5.74, 6) is 5.47. The Morgan fingerprint density at radius 3 is 2.90 bits per heavy atom. The van der Waals surface area contributed by atoms with Crippen LogP contribution in [0.15, 0.2) is 18.2 Å². The van der Waals surface area contributed by atoms with Gasteiger partial charge in [-0.05, 0) is 31.0 Å². The van der Waals surface area contributed by atoms with E-state index in [1.165, 1.54) is 0 Å². The van der Waals surface area contributed by atoms with E-state index >= 15 is 0 Å². The number of carbonyl (C=O) groups excluding carboxylic acids is 1. The van der Waals surface area contributed by atoms with Crippen LogP contribution in [0.25, 0.3) is 0 Å². The van der Waals surface area contributed by atoms with Crippen molar-refractivity contribution in [1.29, 1.82) is 0 Å². The number of nitrogens with one attached hydrogen (secondary N) is 1. The number of ether oxygens (including phenoxy) is 1. The predicted octanol–water partition coefficient (Wildman–Crippen LogP) is 1.56.